The van der Waals surface area contributed by atoms with Gasteiger partial charge in [-0.15, -0.1) is 5.10 Å². The fourth-order valence-corrected chi connectivity index (χ4v) is 1.64. The monoisotopic (exact) mass is 258 g/mol. The number of hydrogen-bond acceptors (Lipinski definition) is 5. The van der Waals surface area contributed by atoms with Crippen LogP contribution in [0.2, 0.25) is 0 Å². The van der Waals surface area contributed by atoms with E-state index in [9.17, 15) is 0 Å². The zero-order valence-electron chi connectivity index (χ0n) is 10.4. The van der Waals surface area contributed by atoms with Gasteiger partial charge < -0.3 is 15.7 Å². The molecule has 0 unspecified atom stereocenters. The molecule has 0 aliphatic heterocycles. The molecule has 0 aliphatic carbocycles. The van der Waals surface area contributed by atoms with Gasteiger partial charge >= 0.3 is 0 Å². The number of amidine groups is 1. The highest BCUT2D eigenvalue weighted by atomic mass is 16.5. The SMILES string of the molecule is CCc1ccccc1Oc1nnccc1/C(N)=N/O. The molecule has 0 saturated carbocycles. The third-order valence-corrected chi connectivity index (χ3v) is 2.63. The van der Waals surface area contributed by atoms with Crippen LogP contribution in [-0.4, -0.2) is 21.2 Å². The highest BCUT2D eigenvalue weighted by Gasteiger charge is 2.12. The lowest BCUT2D eigenvalue weighted by molar-refractivity contribution is 0.318. The predicted molar refractivity (Wildman–Crippen MR) is 70.4 cm³/mol. The van der Waals surface area contributed by atoms with Crippen LogP contribution in [-0.2, 0) is 6.42 Å². The molecule has 3 N–H and O–H groups in total. The zero-order chi connectivity index (χ0) is 13.7. The van der Waals surface area contributed by atoms with Crippen LogP contribution in [0.15, 0.2) is 41.7 Å². The van der Waals surface area contributed by atoms with Crippen molar-refractivity contribution >= 4 is 5.84 Å². The smallest absolute Gasteiger partial charge is 0.250 e. The van der Waals surface area contributed by atoms with E-state index in [1.807, 2.05) is 31.2 Å². The standard InChI is InChI=1S/C13H14N4O2/c1-2-9-5-3-4-6-11(9)19-13-10(12(14)17-18)7-8-15-16-13/h3-8,18H,2H2,1H3,(H2,14,17). The molecule has 2 aromatic rings. The van der Waals surface area contributed by atoms with E-state index in [1.54, 1.807) is 6.07 Å². The van der Waals surface area contributed by atoms with Crippen molar-refractivity contribution in [3.8, 4) is 11.6 Å². The molecule has 0 radical (unpaired) electrons. The first kappa shape index (κ1) is 12.8. The van der Waals surface area contributed by atoms with E-state index in [0.717, 1.165) is 12.0 Å². The molecule has 0 fully saturated rings. The second kappa shape index (κ2) is 5.81. The number of ether oxygens (including phenoxy) is 1. The number of hydrogen-bond donors (Lipinski definition) is 2. The van der Waals surface area contributed by atoms with Crippen LogP contribution in [0, 0.1) is 0 Å². The minimum absolute atomic E-state index is 0.0705. The van der Waals surface area contributed by atoms with Gasteiger partial charge in [-0.2, -0.15) is 5.10 Å². The molecule has 6 nitrogen and oxygen atoms in total. The molecule has 98 valence electrons. The lowest BCUT2D eigenvalue weighted by atomic mass is 10.1. The maximum atomic E-state index is 8.74. The first-order valence-corrected chi connectivity index (χ1v) is 5.81. The van der Waals surface area contributed by atoms with Crippen molar-refractivity contribution in [2.75, 3.05) is 0 Å². The van der Waals surface area contributed by atoms with E-state index in [2.05, 4.69) is 15.4 Å². The summed E-state index contributed by atoms with van der Waals surface area (Å²) in [5.41, 5.74) is 7.00. The van der Waals surface area contributed by atoms with Crippen molar-refractivity contribution in [2.24, 2.45) is 10.9 Å². The molecule has 1 aromatic carbocycles. The van der Waals surface area contributed by atoms with Crippen LogP contribution in [0.3, 0.4) is 0 Å². The maximum absolute atomic E-state index is 8.74. The predicted octanol–water partition coefficient (Wildman–Crippen LogP) is 1.93. The van der Waals surface area contributed by atoms with E-state index in [0.29, 0.717) is 11.3 Å². The Balaban J connectivity index is 2.39. The van der Waals surface area contributed by atoms with Gasteiger partial charge in [-0.1, -0.05) is 30.3 Å². The molecule has 0 spiro atoms. The Morgan fingerprint density at radius 1 is 1.37 bits per heavy atom. The highest BCUT2D eigenvalue weighted by Crippen LogP contribution is 2.26. The van der Waals surface area contributed by atoms with Gasteiger partial charge in [0.2, 0.25) is 5.88 Å². The molecule has 6 heteroatoms. The number of rotatable bonds is 4. The Bertz CT molecular complexity index is 599. The average molecular weight is 258 g/mol. The maximum Gasteiger partial charge on any atom is 0.250 e. The van der Waals surface area contributed by atoms with Gasteiger partial charge in [0, 0.05) is 0 Å². The molecule has 0 saturated heterocycles. The topological polar surface area (TPSA) is 93.6 Å². The summed E-state index contributed by atoms with van der Waals surface area (Å²) < 4.78 is 5.71. The first-order valence-electron chi connectivity index (χ1n) is 5.81. The van der Waals surface area contributed by atoms with Gasteiger partial charge in [-0.3, -0.25) is 0 Å². The molecule has 1 heterocycles. The van der Waals surface area contributed by atoms with E-state index in [4.69, 9.17) is 15.7 Å². The molecule has 0 bridgehead atoms. The molecule has 19 heavy (non-hydrogen) atoms. The van der Waals surface area contributed by atoms with E-state index in [1.165, 1.54) is 6.20 Å². The van der Waals surface area contributed by atoms with Gasteiger partial charge in [-0.25, -0.2) is 0 Å². The van der Waals surface area contributed by atoms with Crippen LogP contribution in [0.25, 0.3) is 0 Å². The highest BCUT2D eigenvalue weighted by molar-refractivity contribution is 5.98. The summed E-state index contributed by atoms with van der Waals surface area (Å²) in [4.78, 5) is 0. The zero-order valence-corrected chi connectivity index (χ0v) is 10.4. The van der Waals surface area contributed by atoms with E-state index in [-0.39, 0.29) is 11.7 Å². The number of nitrogens with two attached hydrogens (primary N) is 1. The summed E-state index contributed by atoms with van der Waals surface area (Å²) in [6, 6.07) is 9.19. The van der Waals surface area contributed by atoms with Crippen LogP contribution in [0.1, 0.15) is 18.1 Å². The van der Waals surface area contributed by atoms with Crippen LogP contribution in [0.5, 0.6) is 11.6 Å². The minimum Gasteiger partial charge on any atom is -0.437 e. The fraction of sp³-hybridized carbons (Fsp3) is 0.154. The van der Waals surface area contributed by atoms with Crippen molar-refractivity contribution < 1.29 is 9.94 Å². The van der Waals surface area contributed by atoms with E-state index >= 15 is 0 Å². The fourth-order valence-electron chi connectivity index (χ4n) is 1.64. The van der Waals surface area contributed by atoms with Gasteiger partial charge in [0.05, 0.1) is 11.8 Å². The largest absolute Gasteiger partial charge is 0.437 e. The number of aromatic nitrogens is 2. The molecule has 0 atom stereocenters. The first-order chi connectivity index (χ1) is 9.26. The minimum atomic E-state index is -0.0705. The Hall–Kier alpha value is -2.63. The van der Waals surface area contributed by atoms with Crippen molar-refractivity contribution in [3.63, 3.8) is 0 Å². The normalized spacial score (nSPS) is 11.3. The number of aryl methyl sites for hydroxylation is 1. The average Bonchev–Trinajstić information content (AvgIpc) is 2.47. The number of nitrogens with zero attached hydrogens (tertiary/aromatic N) is 3. The lowest BCUT2D eigenvalue weighted by Gasteiger charge is -2.10. The quantitative estimate of drug-likeness (QED) is 0.378. The number of oxime groups is 1. The third-order valence-electron chi connectivity index (χ3n) is 2.63. The Morgan fingerprint density at radius 2 is 2.16 bits per heavy atom. The summed E-state index contributed by atoms with van der Waals surface area (Å²) in [6.45, 7) is 2.03. The van der Waals surface area contributed by atoms with Crippen molar-refractivity contribution in [1.29, 1.82) is 0 Å². The van der Waals surface area contributed by atoms with Crippen molar-refractivity contribution in [2.45, 2.75) is 13.3 Å². The Labute approximate surface area is 110 Å². The molecule has 0 aliphatic rings. The van der Waals surface area contributed by atoms with E-state index < -0.39 is 0 Å². The summed E-state index contributed by atoms with van der Waals surface area (Å²) in [7, 11) is 0. The molecular formula is C13H14N4O2. The van der Waals surface area contributed by atoms with Crippen LogP contribution >= 0.6 is 0 Å². The van der Waals surface area contributed by atoms with Crippen LogP contribution in [0.4, 0.5) is 0 Å². The summed E-state index contributed by atoms with van der Waals surface area (Å²) in [6.07, 6.45) is 2.28. The van der Waals surface area contributed by atoms with Gasteiger partial charge in [0.25, 0.3) is 0 Å². The third kappa shape index (κ3) is 2.79. The lowest BCUT2D eigenvalue weighted by Crippen LogP contribution is -2.15. The van der Waals surface area contributed by atoms with Crippen molar-refractivity contribution in [3.05, 3.63) is 47.7 Å². The molecule has 0 amide bonds. The summed E-state index contributed by atoms with van der Waals surface area (Å²) in [5, 5.41) is 19.3. The summed E-state index contributed by atoms with van der Waals surface area (Å²) >= 11 is 0. The molecule has 2 rings (SSSR count). The molecule has 1 aromatic heterocycles. The van der Waals surface area contributed by atoms with Crippen molar-refractivity contribution in [1.82, 2.24) is 10.2 Å². The number of benzene rings is 1. The Kier molecular flexibility index (Phi) is 3.92. The second-order valence-corrected chi connectivity index (χ2v) is 3.80. The van der Waals surface area contributed by atoms with Gasteiger partial charge in [0.15, 0.2) is 5.84 Å². The second-order valence-electron chi connectivity index (χ2n) is 3.80. The number of para-hydroxylation sites is 1. The van der Waals surface area contributed by atoms with Gasteiger partial charge in [-0.05, 0) is 24.1 Å². The summed E-state index contributed by atoms with van der Waals surface area (Å²) in [5.74, 6) is 0.815. The Morgan fingerprint density at radius 3 is 2.89 bits per heavy atom. The molecular weight excluding hydrogens is 244 g/mol. The van der Waals surface area contributed by atoms with Gasteiger partial charge in [0.1, 0.15) is 5.75 Å². The van der Waals surface area contributed by atoms with Crippen LogP contribution < -0.4 is 10.5 Å².